The number of benzene rings is 2. The Bertz CT molecular complexity index is 1190. The maximum Gasteiger partial charge on any atom is 0.246 e. The van der Waals surface area contributed by atoms with E-state index in [1.54, 1.807) is 37.4 Å². The van der Waals surface area contributed by atoms with Crippen LogP contribution in [0.2, 0.25) is 0 Å². The first kappa shape index (κ1) is 21.9. The average molecular weight is 445 g/mol. The van der Waals surface area contributed by atoms with Crippen molar-refractivity contribution in [3.63, 3.8) is 0 Å². The Balaban J connectivity index is 1.71. The van der Waals surface area contributed by atoms with Gasteiger partial charge in [-0.15, -0.1) is 11.3 Å². The van der Waals surface area contributed by atoms with Crippen LogP contribution in [0.3, 0.4) is 0 Å². The molecule has 1 heterocycles. The van der Waals surface area contributed by atoms with Crippen LogP contribution in [0.25, 0.3) is 16.5 Å². The molecule has 2 aromatic carbocycles. The second kappa shape index (κ2) is 8.91. The van der Waals surface area contributed by atoms with Crippen LogP contribution in [-0.2, 0) is 14.8 Å². The van der Waals surface area contributed by atoms with E-state index in [-0.39, 0.29) is 22.7 Å². The van der Waals surface area contributed by atoms with Crippen molar-refractivity contribution >= 4 is 33.3 Å². The largest absolute Gasteiger partial charge is 0.335 e. The monoisotopic (exact) mass is 444 g/mol. The summed E-state index contributed by atoms with van der Waals surface area (Å²) >= 11 is 1.49. The van der Waals surface area contributed by atoms with Crippen molar-refractivity contribution in [3.8, 4) is 10.4 Å². The fraction of sp³-hybridized carbons (Fsp3) is 0.136. The lowest BCUT2D eigenvalue weighted by atomic mass is 10.1. The molecule has 0 aliphatic rings. The molecule has 0 saturated heterocycles. The van der Waals surface area contributed by atoms with E-state index in [0.717, 1.165) is 15.3 Å². The molecule has 8 heteroatoms. The minimum atomic E-state index is -3.81. The second-order valence-corrected chi connectivity index (χ2v) is 9.46. The number of nitrogens with two attached hydrogens (primary N) is 1. The number of carbonyl (C=O) groups is 1. The molecule has 0 radical (unpaired) electrons. The van der Waals surface area contributed by atoms with Gasteiger partial charge in [-0.2, -0.15) is 0 Å². The van der Waals surface area contributed by atoms with Gasteiger partial charge in [-0.05, 0) is 60.5 Å². The number of likely N-dealkylation sites (N-methyl/N-ethyl adjacent to an activating group) is 1. The summed E-state index contributed by atoms with van der Waals surface area (Å²) in [4.78, 5) is 16.0. The van der Waals surface area contributed by atoms with Gasteiger partial charge < -0.3 is 4.90 Å². The SMILES string of the molecule is CC(c1cccc(S(N)(=O)=O)c1)N(C)C(=O)/C=C/c1ccc(-c2ccc(F)cc2)s1. The molecule has 0 aliphatic carbocycles. The van der Waals surface area contributed by atoms with E-state index in [1.807, 2.05) is 19.1 Å². The van der Waals surface area contributed by atoms with Crippen LogP contribution < -0.4 is 5.14 Å². The highest BCUT2D eigenvalue weighted by molar-refractivity contribution is 7.89. The number of hydrogen-bond donors (Lipinski definition) is 1. The van der Waals surface area contributed by atoms with E-state index >= 15 is 0 Å². The van der Waals surface area contributed by atoms with Gasteiger partial charge in [0.15, 0.2) is 0 Å². The number of nitrogens with zero attached hydrogens (tertiary/aromatic N) is 1. The number of primary sulfonamides is 1. The maximum atomic E-state index is 13.1. The van der Waals surface area contributed by atoms with Gasteiger partial charge in [0.25, 0.3) is 0 Å². The number of carbonyl (C=O) groups excluding carboxylic acids is 1. The molecule has 1 aromatic heterocycles. The molecular formula is C22H21FN2O3S2. The summed E-state index contributed by atoms with van der Waals surface area (Å²) in [6.07, 6.45) is 3.20. The van der Waals surface area contributed by atoms with Gasteiger partial charge in [0.05, 0.1) is 10.9 Å². The van der Waals surface area contributed by atoms with Crippen LogP contribution >= 0.6 is 11.3 Å². The van der Waals surface area contributed by atoms with Gasteiger partial charge in [-0.25, -0.2) is 17.9 Å². The van der Waals surface area contributed by atoms with E-state index in [2.05, 4.69) is 0 Å². The van der Waals surface area contributed by atoms with Crippen LogP contribution in [0.1, 0.15) is 23.4 Å². The Morgan fingerprint density at radius 1 is 1.13 bits per heavy atom. The smallest absolute Gasteiger partial charge is 0.246 e. The number of rotatable bonds is 6. The molecule has 0 fully saturated rings. The van der Waals surface area contributed by atoms with Crippen molar-refractivity contribution in [1.82, 2.24) is 4.90 Å². The van der Waals surface area contributed by atoms with Crippen molar-refractivity contribution < 1.29 is 17.6 Å². The Kier molecular flexibility index (Phi) is 6.50. The van der Waals surface area contributed by atoms with Crippen LogP contribution in [0, 0.1) is 5.82 Å². The van der Waals surface area contributed by atoms with E-state index in [9.17, 15) is 17.6 Å². The Hall–Kier alpha value is -2.81. The van der Waals surface area contributed by atoms with Crippen LogP contribution in [0.4, 0.5) is 4.39 Å². The average Bonchev–Trinajstić information content (AvgIpc) is 3.20. The predicted octanol–water partition coefficient (Wildman–Crippen LogP) is 4.43. The zero-order valence-corrected chi connectivity index (χ0v) is 18.1. The molecule has 0 spiro atoms. The van der Waals surface area contributed by atoms with Gasteiger partial charge >= 0.3 is 0 Å². The van der Waals surface area contributed by atoms with Crippen molar-refractivity contribution in [3.05, 3.63) is 83.0 Å². The van der Waals surface area contributed by atoms with Gasteiger partial charge in [-0.3, -0.25) is 4.79 Å². The van der Waals surface area contributed by atoms with Crippen molar-refractivity contribution in [2.45, 2.75) is 17.9 Å². The van der Waals surface area contributed by atoms with Crippen LogP contribution in [-0.4, -0.2) is 26.3 Å². The third kappa shape index (κ3) is 5.21. The first-order valence-electron chi connectivity index (χ1n) is 9.08. The molecule has 1 atom stereocenters. The number of amides is 1. The summed E-state index contributed by atoms with van der Waals surface area (Å²) in [7, 11) is -2.16. The quantitative estimate of drug-likeness (QED) is 0.571. The molecule has 5 nitrogen and oxygen atoms in total. The fourth-order valence-electron chi connectivity index (χ4n) is 2.85. The highest BCUT2D eigenvalue weighted by Gasteiger charge is 2.17. The lowest BCUT2D eigenvalue weighted by molar-refractivity contribution is -0.126. The van der Waals surface area contributed by atoms with Gasteiger partial charge in [0.1, 0.15) is 5.82 Å². The highest BCUT2D eigenvalue weighted by atomic mass is 32.2. The second-order valence-electron chi connectivity index (χ2n) is 6.78. The molecule has 156 valence electrons. The number of sulfonamides is 1. The first-order valence-corrected chi connectivity index (χ1v) is 11.4. The first-order chi connectivity index (χ1) is 14.1. The summed E-state index contributed by atoms with van der Waals surface area (Å²) in [6, 6.07) is 16.0. The number of thiophene rings is 1. The van der Waals surface area contributed by atoms with E-state index in [1.165, 1.54) is 46.6 Å². The molecule has 0 bridgehead atoms. The zero-order chi connectivity index (χ0) is 21.9. The van der Waals surface area contributed by atoms with E-state index in [0.29, 0.717) is 5.56 Å². The summed E-state index contributed by atoms with van der Waals surface area (Å²) in [5, 5.41) is 5.19. The molecule has 1 amide bonds. The molecule has 0 saturated carbocycles. The zero-order valence-electron chi connectivity index (χ0n) is 16.4. The van der Waals surface area contributed by atoms with E-state index in [4.69, 9.17) is 5.14 Å². The van der Waals surface area contributed by atoms with E-state index < -0.39 is 10.0 Å². The standard InChI is InChI=1S/C22H21FN2O3S2/c1-15(17-4-3-5-20(14-17)30(24,27)28)25(2)22(26)13-11-19-10-12-21(29-19)16-6-8-18(23)9-7-16/h3-15H,1-2H3,(H2,24,27,28)/b13-11+. The molecule has 3 aromatic rings. The molecular weight excluding hydrogens is 423 g/mol. The minimum absolute atomic E-state index is 0.00940. The summed E-state index contributed by atoms with van der Waals surface area (Å²) in [5.41, 5.74) is 1.58. The Labute approximate surface area is 179 Å². The maximum absolute atomic E-state index is 13.1. The fourth-order valence-corrected chi connectivity index (χ4v) is 4.33. The van der Waals surface area contributed by atoms with Crippen molar-refractivity contribution in [2.75, 3.05) is 7.05 Å². The molecule has 30 heavy (non-hydrogen) atoms. The van der Waals surface area contributed by atoms with Crippen LogP contribution in [0.15, 0.2) is 71.6 Å². The van der Waals surface area contributed by atoms with Crippen molar-refractivity contribution in [2.24, 2.45) is 5.14 Å². The number of halogens is 1. The Morgan fingerprint density at radius 2 is 1.83 bits per heavy atom. The lowest BCUT2D eigenvalue weighted by Gasteiger charge is -2.24. The van der Waals surface area contributed by atoms with Crippen LogP contribution in [0.5, 0.6) is 0 Å². The predicted molar refractivity (Wildman–Crippen MR) is 118 cm³/mol. The van der Waals surface area contributed by atoms with Gasteiger partial charge in [0, 0.05) is 22.9 Å². The lowest BCUT2D eigenvalue weighted by Crippen LogP contribution is -2.28. The van der Waals surface area contributed by atoms with Gasteiger partial charge in [0.2, 0.25) is 15.9 Å². The topological polar surface area (TPSA) is 80.5 Å². The highest BCUT2D eigenvalue weighted by Crippen LogP contribution is 2.29. The molecule has 0 aliphatic heterocycles. The third-order valence-electron chi connectivity index (χ3n) is 4.74. The molecule has 1 unspecified atom stereocenters. The third-order valence-corrected chi connectivity index (χ3v) is 6.75. The minimum Gasteiger partial charge on any atom is -0.335 e. The molecule has 3 rings (SSSR count). The summed E-state index contributed by atoms with van der Waals surface area (Å²) < 4.78 is 36.2. The Morgan fingerprint density at radius 3 is 2.50 bits per heavy atom. The summed E-state index contributed by atoms with van der Waals surface area (Å²) in [5.74, 6) is -0.506. The summed E-state index contributed by atoms with van der Waals surface area (Å²) in [6.45, 7) is 1.81. The van der Waals surface area contributed by atoms with Crippen molar-refractivity contribution in [1.29, 1.82) is 0 Å². The van der Waals surface area contributed by atoms with Gasteiger partial charge in [-0.1, -0.05) is 24.3 Å². The normalized spacial score (nSPS) is 12.8. The number of hydrogen-bond acceptors (Lipinski definition) is 4. The molecule has 2 N–H and O–H groups in total.